The van der Waals surface area contributed by atoms with Gasteiger partial charge in [0.2, 0.25) is 5.91 Å². The van der Waals surface area contributed by atoms with E-state index in [1.165, 1.54) is 0 Å². The van der Waals surface area contributed by atoms with Crippen molar-refractivity contribution in [1.82, 2.24) is 4.90 Å². The second-order valence-electron chi connectivity index (χ2n) is 5.72. The molecule has 1 rings (SSSR count). The van der Waals surface area contributed by atoms with Gasteiger partial charge in [-0.15, -0.1) is 0 Å². The molecule has 4 heteroatoms. The highest BCUT2D eigenvalue weighted by Crippen LogP contribution is 2.34. The number of nitrogens with two attached hydrogens (primary N) is 1. The Morgan fingerprint density at radius 1 is 1.21 bits per heavy atom. The predicted octanol–water partition coefficient (Wildman–Crippen LogP) is 2.02. The molecular weight excluding hydrogens is 240 g/mol. The van der Waals surface area contributed by atoms with Crippen LogP contribution < -0.4 is 5.73 Å². The van der Waals surface area contributed by atoms with Crippen molar-refractivity contribution in [3.05, 3.63) is 0 Å². The van der Waals surface area contributed by atoms with Gasteiger partial charge < -0.3 is 15.4 Å². The molecule has 0 bridgehead atoms. The summed E-state index contributed by atoms with van der Waals surface area (Å²) >= 11 is 0. The number of carbonyl (C=O) groups excluding carboxylic acids is 1. The van der Waals surface area contributed by atoms with Crippen molar-refractivity contribution in [2.24, 2.45) is 17.6 Å². The Hall–Kier alpha value is -0.610. The summed E-state index contributed by atoms with van der Waals surface area (Å²) in [4.78, 5) is 14.8. The molecule has 0 aromatic rings. The van der Waals surface area contributed by atoms with E-state index >= 15 is 0 Å². The van der Waals surface area contributed by atoms with Gasteiger partial charge in [0, 0.05) is 19.1 Å². The average molecular weight is 270 g/mol. The highest BCUT2D eigenvalue weighted by molar-refractivity contribution is 5.80. The minimum Gasteiger partial charge on any atom is -0.374 e. The van der Waals surface area contributed by atoms with Crippen LogP contribution in [0, 0.1) is 11.8 Å². The number of rotatable bonds is 6. The van der Waals surface area contributed by atoms with E-state index in [4.69, 9.17) is 10.5 Å². The molecule has 4 atom stereocenters. The van der Waals surface area contributed by atoms with Crippen molar-refractivity contribution in [2.75, 3.05) is 13.1 Å². The molecule has 1 heterocycles. The van der Waals surface area contributed by atoms with Crippen molar-refractivity contribution >= 4 is 5.91 Å². The second kappa shape index (κ2) is 7.25. The monoisotopic (exact) mass is 270 g/mol. The van der Waals surface area contributed by atoms with E-state index in [9.17, 15) is 4.79 Å². The van der Waals surface area contributed by atoms with Gasteiger partial charge in [0.15, 0.2) is 0 Å². The van der Waals surface area contributed by atoms with Gasteiger partial charge >= 0.3 is 0 Å². The van der Waals surface area contributed by atoms with E-state index in [-0.39, 0.29) is 30.0 Å². The maximum atomic E-state index is 12.9. The minimum absolute atomic E-state index is 0.00661. The van der Waals surface area contributed by atoms with E-state index in [2.05, 4.69) is 27.7 Å². The SMILES string of the molecule is CCC(CC)N(CCN)C(=O)C1C(C)OC(C)C1C. The van der Waals surface area contributed by atoms with Crippen LogP contribution in [0.2, 0.25) is 0 Å². The molecule has 2 N–H and O–H groups in total. The van der Waals surface area contributed by atoms with Gasteiger partial charge in [-0.3, -0.25) is 4.79 Å². The third kappa shape index (κ3) is 3.48. The lowest BCUT2D eigenvalue weighted by Crippen LogP contribution is -2.48. The summed E-state index contributed by atoms with van der Waals surface area (Å²) in [5, 5.41) is 0. The topological polar surface area (TPSA) is 55.6 Å². The first kappa shape index (κ1) is 16.4. The fraction of sp³-hybridized carbons (Fsp3) is 0.933. The Kier molecular flexibility index (Phi) is 6.27. The quantitative estimate of drug-likeness (QED) is 0.803. The Bertz CT molecular complexity index is 292. The molecule has 4 nitrogen and oxygen atoms in total. The number of ether oxygens (including phenoxy) is 1. The van der Waals surface area contributed by atoms with Crippen molar-refractivity contribution in [1.29, 1.82) is 0 Å². The molecule has 0 aromatic heterocycles. The van der Waals surface area contributed by atoms with Crippen LogP contribution in [-0.2, 0) is 9.53 Å². The number of nitrogens with zero attached hydrogens (tertiary/aromatic N) is 1. The van der Waals surface area contributed by atoms with Crippen molar-refractivity contribution in [3.8, 4) is 0 Å². The molecule has 0 aromatic carbocycles. The molecule has 4 unspecified atom stereocenters. The first-order valence-corrected chi connectivity index (χ1v) is 7.63. The summed E-state index contributed by atoms with van der Waals surface area (Å²) in [6.07, 6.45) is 2.12. The summed E-state index contributed by atoms with van der Waals surface area (Å²) in [7, 11) is 0. The molecule has 1 amide bonds. The number of amides is 1. The summed E-state index contributed by atoms with van der Waals surface area (Å²) in [6, 6.07) is 0.298. The fourth-order valence-electron chi connectivity index (χ4n) is 3.23. The van der Waals surface area contributed by atoms with Crippen LogP contribution in [0.25, 0.3) is 0 Å². The smallest absolute Gasteiger partial charge is 0.228 e. The highest BCUT2D eigenvalue weighted by atomic mass is 16.5. The highest BCUT2D eigenvalue weighted by Gasteiger charge is 2.43. The predicted molar refractivity (Wildman–Crippen MR) is 77.8 cm³/mol. The summed E-state index contributed by atoms with van der Waals surface area (Å²) in [6.45, 7) is 11.6. The van der Waals surface area contributed by atoms with E-state index < -0.39 is 0 Å². The molecule has 1 fully saturated rings. The zero-order valence-corrected chi connectivity index (χ0v) is 13.1. The van der Waals surface area contributed by atoms with Gasteiger partial charge in [-0.25, -0.2) is 0 Å². The Morgan fingerprint density at radius 2 is 1.79 bits per heavy atom. The zero-order chi connectivity index (χ0) is 14.6. The molecule has 1 aliphatic rings. The molecule has 1 aliphatic heterocycles. The number of carbonyl (C=O) groups is 1. The van der Waals surface area contributed by atoms with Crippen molar-refractivity contribution in [2.45, 2.75) is 65.7 Å². The van der Waals surface area contributed by atoms with Crippen LogP contribution in [0.4, 0.5) is 0 Å². The summed E-state index contributed by atoms with van der Waals surface area (Å²) < 4.78 is 5.80. The van der Waals surface area contributed by atoms with E-state index in [0.29, 0.717) is 19.1 Å². The van der Waals surface area contributed by atoms with Gasteiger partial charge in [0.25, 0.3) is 0 Å². The van der Waals surface area contributed by atoms with Crippen LogP contribution in [0.15, 0.2) is 0 Å². The third-order valence-corrected chi connectivity index (χ3v) is 4.56. The normalized spacial score (nSPS) is 30.9. The van der Waals surface area contributed by atoms with Crippen LogP contribution in [0.3, 0.4) is 0 Å². The average Bonchev–Trinajstić information content (AvgIpc) is 2.63. The van der Waals surface area contributed by atoms with E-state index in [1.807, 2.05) is 11.8 Å². The largest absolute Gasteiger partial charge is 0.374 e. The molecule has 19 heavy (non-hydrogen) atoms. The van der Waals surface area contributed by atoms with Gasteiger partial charge in [-0.1, -0.05) is 20.8 Å². The van der Waals surface area contributed by atoms with Gasteiger partial charge in [0.1, 0.15) is 0 Å². The first-order chi connectivity index (χ1) is 8.97. The van der Waals surface area contributed by atoms with E-state index in [1.54, 1.807) is 0 Å². The van der Waals surface area contributed by atoms with Crippen LogP contribution >= 0.6 is 0 Å². The molecule has 0 saturated carbocycles. The molecule has 0 aliphatic carbocycles. The maximum absolute atomic E-state index is 12.9. The van der Waals surface area contributed by atoms with E-state index in [0.717, 1.165) is 12.8 Å². The second-order valence-corrected chi connectivity index (χ2v) is 5.72. The number of hydrogen-bond acceptors (Lipinski definition) is 3. The lowest BCUT2D eigenvalue weighted by atomic mass is 9.87. The van der Waals surface area contributed by atoms with Gasteiger partial charge in [0.05, 0.1) is 18.1 Å². The minimum atomic E-state index is -0.0258. The van der Waals surface area contributed by atoms with Crippen LogP contribution in [-0.4, -0.2) is 42.1 Å². The summed E-state index contributed by atoms with van der Waals surface area (Å²) in [5.74, 6) is 0.475. The van der Waals surface area contributed by atoms with Crippen LogP contribution in [0.5, 0.6) is 0 Å². The molecule has 1 saturated heterocycles. The number of hydrogen-bond donors (Lipinski definition) is 1. The first-order valence-electron chi connectivity index (χ1n) is 7.63. The van der Waals surface area contributed by atoms with Crippen LogP contribution in [0.1, 0.15) is 47.5 Å². The Balaban J connectivity index is 2.87. The summed E-state index contributed by atoms with van der Waals surface area (Å²) in [5.41, 5.74) is 5.68. The van der Waals surface area contributed by atoms with Gasteiger partial charge in [-0.2, -0.15) is 0 Å². The fourth-order valence-corrected chi connectivity index (χ4v) is 3.23. The molecule has 112 valence electrons. The van der Waals surface area contributed by atoms with Gasteiger partial charge in [-0.05, 0) is 32.6 Å². The lowest BCUT2D eigenvalue weighted by Gasteiger charge is -2.34. The Labute approximate surface area is 117 Å². The molecule has 0 spiro atoms. The molecule has 0 radical (unpaired) electrons. The zero-order valence-electron chi connectivity index (χ0n) is 13.1. The third-order valence-electron chi connectivity index (χ3n) is 4.56. The lowest BCUT2D eigenvalue weighted by molar-refractivity contribution is -0.140. The molecular formula is C15H30N2O2. The van der Waals surface area contributed by atoms with Crippen molar-refractivity contribution in [3.63, 3.8) is 0 Å². The standard InChI is InChI=1S/C15H30N2O2/c1-6-13(7-2)17(9-8-16)15(18)14-10(3)11(4)19-12(14)5/h10-14H,6-9,16H2,1-5H3. The van der Waals surface area contributed by atoms with Crippen molar-refractivity contribution < 1.29 is 9.53 Å². The Morgan fingerprint density at radius 3 is 2.16 bits per heavy atom. The maximum Gasteiger partial charge on any atom is 0.228 e.